The Bertz CT molecular complexity index is 836. The molecule has 0 radical (unpaired) electrons. The lowest BCUT2D eigenvalue weighted by Gasteiger charge is -2.11. The summed E-state index contributed by atoms with van der Waals surface area (Å²) in [5.74, 6) is -0.569. The van der Waals surface area contributed by atoms with Crippen LogP contribution in [-0.4, -0.2) is 26.8 Å². The number of nitrogens with one attached hydrogen (secondary N) is 1. The van der Waals surface area contributed by atoms with E-state index >= 15 is 0 Å². The Balaban J connectivity index is 2.66. The van der Waals surface area contributed by atoms with Crippen molar-refractivity contribution in [2.24, 2.45) is 0 Å². The van der Waals surface area contributed by atoms with E-state index < -0.39 is 17.2 Å². The zero-order valence-electron chi connectivity index (χ0n) is 13.5. The Kier molecular flexibility index (Phi) is 5.10. The van der Waals surface area contributed by atoms with Crippen molar-refractivity contribution in [2.75, 3.05) is 6.54 Å². The Morgan fingerprint density at radius 1 is 1.26 bits per heavy atom. The summed E-state index contributed by atoms with van der Waals surface area (Å²) in [6.45, 7) is 6.08. The van der Waals surface area contributed by atoms with Gasteiger partial charge in [0.15, 0.2) is 0 Å². The SMILES string of the molecule is CCCNC(=O)c1nn(-c2cccc(C)c2)c(=O)n(CC)c1=O. The fourth-order valence-electron chi connectivity index (χ4n) is 2.19. The summed E-state index contributed by atoms with van der Waals surface area (Å²) in [4.78, 5) is 36.9. The van der Waals surface area contributed by atoms with Crippen molar-refractivity contribution in [3.8, 4) is 5.69 Å². The molecule has 0 bridgehead atoms. The molecule has 2 rings (SSSR count). The summed E-state index contributed by atoms with van der Waals surface area (Å²) in [6.07, 6.45) is 0.741. The zero-order chi connectivity index (χ0) is 17.0. The smallest absolute Gasteiger partial charge is 0.350 e. The van der Waals surface area contributed by atoms with Gasteiger partial charge in [-0.15, -0.1) is 0 Å². The molecule has 0 unspecified atom stereocenters. The molecule has 0 spiro atoms. The number of carbonyl (C=O) groups excluding carboxylic acids is 1. The first-order valence-electron chi connectivity index (χ1n) is 7.59. The van der Waals surface area contributed by atoms with Gasteiger partial charge in [0.2, 0.25) is 5.69 Å². The molecule has 1 aromatic heterocycles. The second kappa shape index (κ2) is 7.04. The van der Waals surface area contributed by atoms with E-state index in [1.807, 2.05) is 19.9 Å². The van der Waals surface area contributed by atoms with Crippen LogP contribution in [0.5, 0.6) is 0 Å². The fraction of sp³-hybridized carbons (Fsp3) is 0.375. The number of hydrogen-bond donors (Lipinski definition) is 1. The molecule has 1 aromatic carbocycles. The van der Waals surface area contributed by atoms with Crippen molar-refractivity contribution in [1.82, 2.24) is 19.7 Å². The van der Waals surface area contributed by atoms with Crippen molar-refractivity contribution in [1.29, 1.82) is 0 Å². The summed E-state index contributed by atoms with van der Waals surface area (Å²) in [5.41, 5.74) is -0.0456. The summed E-state index contributed by atoms with van der Waals surface area (Å²) in [7, 11) is 0. The molecule has 1 amide bonds. The summed E-state index contributed by atoms with van der Waals surface area (Å²) >= 11 is 0. The van der Waals surface area contributed by atoms with Gasteiger partial charge < -0.3 is 5.32 Å². The lowest BCUT2D eigenvalue weighted by molar-refractivity contribution is 0.0944. The van der Waals surface area contributed by atoms with Gasteiger partial charge in [-0.3, -0.25) is 14.2 Å². The number of benzene rings is 1. The number of aryl methyl sites for hydroxylation is 1. The second-order valence-corrected chi connectivity index (χ2v) is 5.19. The predicted octanol–water partition coefficient (Wildman–Crippen LogP) is 0.862. The van der Waals surface area contributed by atoms with Gasteiger partial charge in [0.05, 0.1) is 5.69 Å². The van der Waals surface area contributed by atoms with Crippen molar-refractivity contribution < 1.29 is 4.79 Å². The molecule has 0 aliphatic rings. The van der Waals surface area contributed by atoms with Gasteiger partial charge in [0, 0.05) is 13.1 Å². The van der Waals surface area contributed by atoms with Crippen LogP contribution in [0.4, 0.5) is 0 Å². The predicted molar refractivity (Wildman–Crippen MR) is 87.1 cm³/mol. The van der Waals surface area contributed by atoms with Crippen LogP contribution in [0.2, 0.25) is 0 Å². The maximum Gasteiger partial charge on any atom is 0.352 e. The number of amides is 1. The number of carbonyl (C=O) groups is 1. The quantitative estimate of drug-likeness (QED) is 0.886. The maximum atomic E-state index is 12.5. The van der Waals surface area contributed by atoms with Crippen molar-refractivity contribution >= 4 is 5.91 Å². The van der Waals surface area contributed by atoms with Gasteiger partial charge in [-0.1, -0.05) is 19.1 Å². The average Bonchev–Trinajstić information content (AvgIpc) is 2.53. The minimum Gasteiger partial charge on any atom is -0.350 e. The van der Waals surface area contributed by atoms with Gasteiger partial charge in [-0.05, 0) is 38.0 Å². The Morgan fingerprint density at radius 3 is 2.61 bits per heavy atom. The van der Waals surface area contributed by atoms with Crippen LogP contribution in [0.3, 0.4) is 0 Å². The molecule has 7 nitrogen and oxygen atoms in total. The van der Waals surface area contributed by atoms with Crippen LogP contribution in [-0.2, 0) is 6.54 Å². The highest BCUT2D eigenvalue weighted by Gasteiger charge is 2.19. The van der Waals surface area contributed by atoms with Crippen LogP contribution in [0, 0.1) is 6.92 Å². The molecule has 23 heavy (non-hydrogen) atoms. The van der Waals surface area contributed by atoms with E-state index in [0.717, 1.165) is 21.2 Å². The summed E-state index contributed by atoms with van der Waals surface area (Å²) in [6, 6.07) is 7.16. The van der Waals surface area contributed by atoms with Crippen LogP contribution < -0.4 is 16.6 Å². The lowest BCUT2D eigenvalue weighted by atomic mass is 10.2. The first-order chi connectivity index (χ1) is 11.0. The minimum absolute atomic E-state index is 0.167. The number of rotatable bonds is 5. The highest BCUT2D eigenvalue weighted by molar-refractivity contribution is 5.91. The number of aromatic nitrogens is 3. The lowest BCUT2D eigenvalue weighted by Crippen LogP contribution is -2.45. The molecule has 1 heterocycles. The van der Waals surface area contributed by atoms with E-state index in [0.29, 0.717) is 12.2 Å². The third-order valence-electron chi connectivity index (χ3n) is 3.37. The van der Waals surface area contributed by atoms with Gasteiger partial charge >= 0.3 is 5.69 Å². The number of hydrogen-bond acceptors (Lipinski definition) is 4. The largest absolute Gasteiger partial charge is 0.352 e. The molecular weight excluding hydrogens is 296 g/mol. The van der Waals surface area contributed by atoms with Gasteiger partial charge in [-0.2, -0.15) is 9.78 Å². The molecule has 0 saturated heterocycles. The normalized spacial score (nSPS) is 10.6. The van der Waals surface area contributed by atoms with Crippen LogP contribution in [0.15, 0.2) is 33.9 Å². The van der Waals surface area contributed by atoms with Crippen LogP contribution >= 0.6 is 0 Å². The van der Waals surface area contributed by atoms with E-state index in [2.05, 4.69) is 10.4 Å². The van der Waals surface area contributed by atoms with Gasteiger partial charge in [-0.25, -0.2) is 4.79 Å². The number of nitrogens with zero attached hydrogens (tertiary/aromatic N) is 3. The standard InChI is InChI=1S/C16H20N4O3/c1-4-9-17-14(21)13-15(22)19(5-2)16(23)20(18-13)12-8-6-7-11(3)10-12/h6-8,10H,4-5,9H2,1-3H3,(H,17,21). The molecule has 0 saturated carbocycles. The Morgan fingerprint density at radius 2 is 2.00 bits per heavy atom. The molecule has 0 aliphatic heterocycles. The zero-order valence-corrected chi connectivity index (χ0v) is 13.5. The van der Waals surface area contributed by atoms with Crippen molar-refractivity contribution in [3.05, 3.63) is 56.4 Å². The highest BCUT2D eigenvalue weighted by atomic mass is 16.2. The molecule has 0 atom stereocenters. The van der Waals surface area contributed by atoms with Crippen LogP contribution in [0.1, 0.15) is 36.3 Å². The second-order valence-electron chi connectivity index (χ2n) is 5.19. The van der Waals surface area contributed by atoms with Crippen molar-refractivity contribution in [2.45, 2.75) is 33.7 Å². The van der Waals surface area contributed by atoms with E-state index in [9.17, 15) is 14.4 Å². The fourth-order valence-corrected chi connectivity index (χ4v) is 2.19. The highest BCUT2D eigenvalue weighted by Crippen LogP contribution is 2.06. The molecule has 1 N–H and O–H groups in total. The summed E-state index contributed by atoms with van der Waals surface area (Å²) < 4.78 is 2.11. The van der Waals surface area contributed by atoms with E-state index in [1.165, 1.54) is 0 Å². The van der Waals surface area contributed by atoms with E-state index in [-0.39, 0.29) is 12.2 Å². The molecule has 7 heteroatoms. The monoisotopic (exact) mass is 316 g/mol. The minimum atomic E-state index is -0.671. The first-order valence-corrected chi connectivity index (χ1v) is 7.59. The topological polar surface area (TPSA) is 86.0 Å². The molecule has 0 fully saturated rings. The van der Waals surface area contributed by atoms with Crippen molar-refractivity contribution in [3.63, 3.8) is 0 Å². The third-order valence-corrected chi connectivity index (χ3v) is 3.37. The van der Waals surface area contributed by atoms with Crippen LogP contribution in [0.25, 0.3) is 5.69 Å². The average molecular weight is 316 g/mol. The molecule has 0 aliphatic carbocycles. The molecular formula is C16H20N4O3. The van der Waals surface area contributed by atoms with Gasteiger partial charge in [0.25, 0.3) is 11.5 Å². The van der Waals surface area contributed by atoms with E-state index in [4.69, 9.17) is 0 Å². The maximum absolute atomic E-state index is 12.5. The van der Waals surface area contributed by atoms with E-state index in [1.54, 1.807) is 25.1 Å². The summed E-state index contributed by atoms with van der Waals surface area (Å²) in [5, 5.41) is 6.62. The third kappa shape index (κ3) is 3.39. The molecule has 2 aromatic rings. The first kappa shape index (κ1) is 16.7. The Hall–Kier alpha value is -2.70. The van der Waals surface area contributed by atoms with Gasteiger partial charge in [0.1, 0.15) is 0 Å². The molecule has 122 valence electrons. The Labute approximate surface area is 133 Å².